The van der Waals surface area contributed by atoms with Crippen LogP contribution in [-0.2, 0) is 4.79 Å². The monoisotopic (exact) mass is 216 g/mol. The van der Waals surface area contributed by atoms with Crippen molar-refractivity contribution in [2.75, 3.05) is 0 Å². The second kappa shape index (κ2) is 4.61. The van der Waals surface area contributed by atoms with Gasteiger partial charge in [0.1, 0.15) is 0 Å². The van der Waals surface area contributed by atoms with Crippen LogP contribution in [0.3, 0.4) is 0 Å². The maximum Gasteiger partial charge on any atom is 0.311 e. The summed E-state index contributed by atoms with van der Waals surface area (Å²) in [5.74, 6) is 0.211. The van der Waals surface area contributed by atoms with Gasteiger partial charge in [-0.05, 0) is 12.1 Å². The van der Waals surface area contributed by atoms with E-state index in [1.54, 1.807) is 17.8 Å². The second-order valence-electron chi connectivity index (χ2n) is 3.28. The van der Waals surface area contributed by atoms with Gasteiger partial charge in [-0.15, -0.1) is 0 Å². The molecule has 0 N–H and O–H groups in total. The summed E-state index contributed by atoms with van der Waals surface area (Å²) in [4.78, 5) is 11.1. The topological polar surface area (TPSA) is 44.1 Å². The van der Waals surface area contributed by atoms with Crippen LogP contribution in [-0.4, -0.2) is 15.7 Å². The Bertz CT molecular complexity index is 477. The van der Waals surface area contributed by atoms with Crippen LogP contribution >= 0.6 is 0 Å². The standard InChI is InChI=1S/C12H12N2O2/c1-2-12(15)16-11-8-13-14(9-11)10-6-4-3-5-7-10/h3-9H,2H2,1H3. The predicted molar refractivity (Wildman–Crippen MR) is 59.5 cm³/mol. The third-order valence-electron chi connectivity index (χ3n) is 2.10. The number of para-hydroxylation sites is 1. The highest BCUT2D eigenvalue weighted by Gasteiger charge is 2.05. The van der Waals surface area contributed by atoms with Crippen LogP contribution in [0.1, 0.15) is 13.3 Å². The van der Waals surface area contributed by atoms with Gasteiger partial charge in [0.2, 0.25) is 0 Å². The SMILES string of the molecule is CCC(=O)Oc1cnn(-c2ccccc2)c1. The molecule has 82 valence electrons. The average molecular weight is 216 g/mol. The van der Waals surface area contributed by atoms with E-state index < -0.39 is 0 Å². The molecule has 0 bridgehead atoms. The van der Waals surface area contributed by atoms with E-state index in [2.05, 4.69) is 5.10 Å². The molecule has 2 rings (SSSR count). The highest BCUT2D eigenvalue weighted by atomic mass is 16.5. The molecule has 16 heavy (non-hydrogen) atoms. The van der Waals surface area contributed by atoms with Crippen molar-refractivity contribution in [2.45, 2.75) is 13.3 Å². The van der Waals surface area contributed by atoms with Crippen molar-refractivity contribution in [1.29, 1.82) is 0 Å². The number of carbonyl (C=O) groups is 1. The molecular formula is C12H12N2O2. The normalized spacial score (nSPS) is 10.1. The molecule has 0 unspecified atom stereocenters. The quantitative estimate of drug-likeness (QED) is 0.739. The lowest BCUT2D eigenvalue weighted by molar-refractivity contribution is -0.134. The van der Waals surface area contributed by atoms with Gasteiger partial charge in [-0.3, -0.25) is 4.79 Å². The molecule has 0 aliphatic carbocycles. The van der Waals surface area contributed by atoms with E-state index in [1.807, 2.05) is 30.3 Å². The van der Waals surface area contributed by atoms with Gasteiger partial charge in [-0.25, -0.2) is 4.68 Å². The van der Waals surface area contributed by atoms with E-state index in [-0.39, 0.29) is 5.97 Å². The van der Waals surface area contributed by atoms with Crippen LogP contribution < -0.4 is 4.74 Å². The molecule has 0 radical (unpaired) electrons. The summed E-state index contributed by atoms with van der Waals surface area (Å²) in [6.07, 6.45) is 3.57. The van der Waals surface area contributed by atoms with Crippen molar-refractivity contribution < 1.29 is 9.53 Å². The Hall–Kier alpha value is -2.10. The number of rotatable bonds is 3. The van der Waals surface area contributed by atoms with Crippen molar-refractivity contribution in [3.63, 3.8) is 0 Å². The minimum atomic E-state index is -0.257. The van der Waals surface area contributed by atoms with E-state index in [0.29, 0.717) is 12.2 Å². The fraction of sp³-hybridized carbons (Fsp3) is 0.167. The van der Waals surface area contributed by atoms with Crippen LogP contribution in [0, 0.1) is 0 Å². The molecule has 4 nitrogen and oxygen atoms in total. The van der Waals surface area contributed by atoms with Gasteiger partial charge in [0.05, 0.1) is 18.1 Å². The molecule has 4 heteroatoms. The third kappa shape index (κ3) is 2.28. The summed E-state index contributed by atoms with van der Waals surface area (Å²) in [6, 6.07) is 9.64. The molecule has 0 aliphatic heterocycles. The minimum Gasteiger partial charge on any atom is -0.423 e. The zero-order valence-corrected chi connectivity index (χ0v) is 8.96. The van der Waals surface area contributed by atoms with Gasteiger partial charge < -0.3 is 4.74 Å². The molecule has 0 saturated carbocycles. The van der Waals surface area contributed by atoms with Crippen LogP contribution in [0.5, 0.6) is 5.75 Å². The zero-order valence-electron chi connectivity index (χ0n) is 8.96. The lowest BCUT2D eigenvalue weighted by Gasteiger charge is -1.99. The smallest absolute Gasteiger partial charge is 0.311 e. The van der Waals surface area contributed by atoms with E-state index in [9.17, 15) is 4.79 Å². The lowest BCUT2D eigenvalue weighted by Crippen LogP contribution is -2.04. The summed E-state index contributed by atoms with van der Waals surface area (Å²) in [5, 5.41) is 4.11. The molecule has 0 aliphatic rings. The number of ether oxygens (including phenoxy) is 1. The van der Waals surface area contributed by atoms with Gasteiger partial charge in [0.15, 0.2) is 5.75 Å². The molecule has 1 aromatic heterocycles. The molecular weight excluding hydrogens is 204 g/mol. The van der Waals surface area contributed by atoms with Crippen LogP contribution in [0.15, 0.2) is 42.7 Å². The van der Waals surface area contributed by atoms with Crippen molar-refractivity contribution >= 4 is 5.97 Å². The van der Waals surface area contributed by atoms with Gasteiger partial charge in [0.25, 0.3) is 0 Å². The number of hydrogen-bond donors (Lipinski definition) is 0. The number of nitrogens with zero attached hydrogens (tertiary/aromatic N) is 2. The maximum absolute atomic E-state index is 11.1. The predicted octanol–water partition coefficient (Wildman–Crippen LogP) is 2.19. The molecule has 1 aromatic carbocycles. The first-order valence-corrected chi connectivity index (χ1v) is 5.10. The van der Waals surface area contributed by atoms with Gasteiger partial charge in [-0.1, -0.05) is 25.1 Å². The lowest BCUT2D eigenvalue weighted by atomic mass is 10.3. The summed E-state index contributed by atoms with van der Waals surface area (Å²) in [6.45, 7) is 1.75. The van der Waals surface area contributed by atoms with E-state index in [1.165, 1.54) is 6.20 Å². The molecule has 0 atom stereocenters. The Morgan fingerprint density at radius 1 is 1.38 bits per heavy atom. The van der Waals surface area contributed by atoms with Crippen molar-refractivity contribution in [3.8, 4) is 11.4 Å². The Balaban J connectivity index is 2.17. The Morgan fingerprint density at radius 2 is 2.12 bits per heavy atom. The van der Waals surface area contributed by atoms with E-state index in [0.717, 1.165) is 5.69 Å². The fourth-order valence-electron chi connectivity index (χ4n) is 1.28. The third-order valence-corrected chi connectivity index (χ3v) is 2.10. The average Bonchev–Trinajstić information content (AvgIpc) is 2.78. The van der Waals surface area contributed by atoms with E-state index in [4.69, 9.17) is 4.74 Å². The number of benzene rings is 1. The summed E-state index contributed by atoms with van der Waals surface area (Å²) in [5.41, 5.74) is 0.932. The number of esters is 1. The highest BCUT2D eigenvalue weighted by molar-refractivity contribution is 5.71. The molecule has 0 amide bonds. The van der Waals surface area contributed by atoms with Gasteiger partial charge >= 0.3 is 5.97 Å². The number of carbonyl (C=O) groups excluding carboxylic acids is 1. The zero-order chi connectivity index (χ0) is 11.4. The van der Waals surface area contributed by atoms with E-state index >= 15 is 0 Å². The first-order chi connectivity index (χ1) is 7.79. The molecule has 0 spiro atoms. The highest BCUT2D eigenvalue weighted by Crippen LogP contribution is 2.13. The van der Waals surface area contributed by atoms with Crippen molar-refractivity contribution in [1.82, 2.24) is 9.78 Å². The number of aromatic nitrogens is 2. The first kappa shape index (κ1) is 10.4. The minimum absolute atomic E-state index is 0.257. The van der Waals surface area contributed by atoms with Crippen molar-refractivity contribution in [2.24, 2.45) is 0 Å². The van der Waals surface area contributed by atoms with Crippen LogP contribution in [0.2, 0.25) is 0 Å². The molecule has 2 aromatic rings. The van der Waals surface area contributed by atoms with Crippen molar-refractivity contribution in [3.05, 3.63) is 42.7 Å². The Labute approximate surface area is 93.5 Å². The maximum atomic E-state index is 11.1. The first-order valence-electron chi connectivity index (χ1n) is 5.10. The molecule has 0 fully saturated rings. The van der Waals surface area contributed by atoms with Gasteiger partial charge in [-0.2, -0.15) is 5.10 Å². The number of hydrogen-bond acceptors (Lipinski definition) is 3. The Kier molecular flexibility index (Phi) is 3.00. The fourth-order valence-corrected chi connectivity index (χ4v) is 1.28. The summed E-state index contributed by atoms with van der Waals surface area (Å²) in [7, 11) is 0. The van der Waals surface area contributed by atoms with Gasteiger partial charge in [0, 0.05) is 6.42 Å². The van der Waals surface area contributed by atoms with Crippen LogP contribution in [0.25, 0.3) is 5.69 Å². The summed E-state index contributed by atoms with van der Waals surface area (Å²) >= 11 is 0. The second-order valence-corrected chi connectivity index (χ2v) is 3.28. The van der Waals surface area contributed by atoms with Crippen LogP contribution in [0.4, 0.5) is 0 Å². The molecule has 1 heterocycles. The Morgan fingerprint density at radius 3 is 2.81 bits per heavy atom. The molecule has 0 saturated heterocycles. The largest absolute Gasteiger partial charge is 0.423 e. The summed E-state index contributed by atoms with van der Waals surface area (Å²) < 4.78 is 6.71.